The normalized spacial score (nSPS) is 10.5. The van der Waals surface area contributed by atoms with Crippen LogP contribution < -0.4 is 10.5 Å². The van der Waals surface area contributed by atoms with E-state index in [1.54, 1.807) is 30.1 Å². The number of hydrogen-bond donors (Lipinski definition) is 1. The number of hydrogen-bond acceptors (Lipinski definition) is 4. The SMILES string of the molecule is CN(CCCOc1cccc(Cl)c1)C(=O)c1coc(CN)c1. The predicted molar refractivity (Wildman–Crippen MR) is 85.1 cm³/mol. The van der Waals surface area contributed by atoms with Gasteiger partial charge in [-0.2, -0.15) is 0 Å². The molecule has 1 aromatic heterocycles. The molecule has 5 nitrogen and oxygen atoms in total. The Hall–Kier alpha value is -1.98. The van der Waals surface area contributed by atoms with Gasteiger partial charge in [0.25, 0.3) is 5.91 Å². The molecule has 2 N–H and O–H groups in total. The van der Waals surface area contributed by atoms with Crippen LogP contribution in [0.15, 0.2) is 41.0 Å². The standard InChI is InChI=1S/C16H19ClN2O3/c1-19(16(20)12-8-15(10-18)22-11-12)6-3-7-21-14-5-2-4-13(17)9-14/h2,4-5,8-9,11H,3,6-7,10,18H2,1H3. The summed E-state index contributed by atoms with van der Waals surface area (Å²) >= 11 is 5.88. The minimum Gasteiger partial charge on any atom is -0.493 e. The van der Waals surface area contributed by atoms with Gasteiger partial charge in [-0.3, -0.25) is 4.79 Å². The lowest BCUT2D eigenvalue weighted by Gasteiger charge is -2.16. The number of rotatable bonds is 7. The highest BCUT2D eigenvalue weighted by atomic mass is 35.5. The zero-order valence-corrected chi connectivity index (χ0v) is 13.2. The second-order valence-electron chi connectivity index (χ2n) is 4.89. The first-order valence-electron chi connectivity index (χ1n) is 7.01. The van der Waals surface area contributed by atoms with Crippen molar-refractivity contribution in [1.29, 1.82) is 0 Å². The summed E-state index contributed by atoms with van der Waals surface area (Å²) in [7, 11) is 1.75. The number of benzene rings is 1. The molecule has 0 saturated carbocycles. The maximum Gasteiger partial charge on any atom is 0.256 e. The maximum atomic E-state index is 12.1. The van der Waals surface area contributed by atoms with Crippen molar-refractivity contribution in [2.24, 2.45) is 5.73 Å². The van der Waals surface area contributed by atoms with Gasteiger partial charge < -0.3 is 19.8 Å². The number of halogens is 1. The van der Waals surface area contributed by atoms with E-state index < -0.39 is 0 Å². The van der Waals surface area contributed by atoms with E-state index in [1.165, 1.54) is 6.26 Å². The van der Waals surface area contributed by atoms with E-state index in [0.29, 0.717) is 29.5 Å². The Morgan fingerprint density at radius 2 is 2.23 bits per heavy atom. The lowest BCUT2D eigenvalue weighted by molar-refractivity contribution is 0.0787. The molecule has 118 valence electrons. The van der Waals surface area contributed by atoms with Crippen molar-refractivity contribution in [3.63, 3.8) is 0 Å². The van der Waals surface area contributed by atoms with Crippen LogP contribution >= 0.6 is 11.6 Å². The van der Waals surface area contributed by atoms with Crippen LogP contribution in [0, 0.1) is 0 Å². The van der Waals surface area contributed by atoms with E-state index in [2.05, 4.69) is 0 Å². The number of carbonyl (C=O) groups is 1. The summed E-state index contributed by atoms with van der Waals surface area (Å²) in [6.45, 7) is 1.38. The van der Waals surface area contributed by atoms with E-state index in [1.807, 2.05) is 12.1 Å². The fourth-order valence-corrected chi connectivity index (χ4v) is 2.15. The molecular weight excluding hydrogens is 304 g/mol. The summed E-state index contributed by atoms with van der Waals surface area (Å²) in [6, 6.07) is 8.90. The zero-order valence-electron chi connectivity index (χ0n) is 12.4. The van der Waals surface area contributed by atoms with Gasteiger partial charge in [-0.05, 0) is 30.7 Å². The number of furan rings is 1. The molecule has 0 aliphatic rings. The molecule has 1 heterocycles. The van der Waals surface area contributed by atoms with Crippen molar-refractivity contribution in [2.45, 2.75) is 13.0 Å². The summed E-state index contributed by atoms with van der Waals surface area (Å²) in [5.74, 6) is 1.23. The molecule has 6 heteroatoms. The van der Waals surface area contributed by atoms with Gasteiger partial charge in [-0.25, -0.2) is 0 Å². The molecule has 0 aliphatic carbocycles. The van der Waals surface area contributed by atoms with E-state index in [-0.39, 0.29) is 12.5 Å². The van der Waals surface area contributed by atoms with Crippen LogP contribution in [0.5, 0.6) is 5.75 Å². The Kier molecular flexibility index (Phi) is 5.86. The van der Waals surface area contributed by atoms with Crippen molar-refractivity contribution in [2.75, 3.05) is 20.2 Å². The van der Waals surface area contributed by atoms with Crippen molar-refractivity contribution in [1.82, 2.24) is 4.90 Å². The van der Waals surface area contributed by atoms with Gasteiger partial charge in [0.1, 0.15) is 17.8 Å². The van der Waals surface area contributed by atoms with E-state index in [9.17, 15) is 4.79 Å². The Labute approximate surface area is 134 Å². The molecule has 0 fully saturated rings. The first kappa shape index (κ1) is 16.4. The highest BCUT2D eigenvalue weighted by Crippen LogP contribution is 2.17. The Balaban J connectivity index is 1.75. The molecule has 2 rings (SSSR count). The highest BCUT2D eigenvalue weighted by molar-refractivity contribution is 6.30. The van der Waals surface area contributed by atoms with Crippen LogP contribution in [0.4, 0.5) is 0 Å². The number of nitrogens with zero attached hydrogens (tertiary/aromatic N) is 1. The maximum absolute atomic E-state index is 12.1. The fraction of sp³-hybridized carbons (Fsp3) is 0.312. The number of ether oxygens (including phenoxy) is 1. The third kappa shape index (κ3) is 4.51. The number of carbonyl (C=O) groups excluding carboxylic acids is 1. The Morgan fingerprint density at radius 3 is 2.91 bits per heavy atom. The van der Waals surface area contributed by atoms with Gasteiger partial charge in [0.05, 0.1) is 18.7 Å². The quantitative estimate of drug-likeness (QED) is 0.796. The van der Waals surface area contributed by atoms with Crippen LogP contribution in [0.2, 0.25) is 5.02 Å². The zero-order chi connectivity index (χ0) is 15.9. The third-order valence-corrected chi connectivity index (χ3v) is 3.39. The smallest absolute Gasteiger partial charge is 0.256 e. The summed E-state index contributed by atoms with van der Waals surface area (Å²) in [4.78, 5) is 13.8. The Bertz CT molecular complexity index is 627. The molecule has 0 bridgehead atoms. The fourth-order valence-electron chi connectivity index (χ4n) is 1.97. The van der Waals surface area contributed by atoms with Gasteiger partial charge in [-0.15, -0.1) is 0 Å². The first-order chi connectivity index (χ1) is 10.6. The van der Waals surface area contributed by atoms with Crippen molar-refractivity contribution in [3.8, 4) is 5.75 Å². The average Bonchev–Trinajstić information content (AvgIpc) is 2.99. The molecule has 22 heavy (non-hydrogen) atoms. The van der Waals surface area contributed by atoms with Gasteiger partial charge in [0.15, 0.2) is 0 Å². The molecule has 0 radical (unpaired) electrons. The van der Waals surface area contributed by atoms with E-state index in [0.717, 1.165) is 12.2 Å². The minimum atomic E-state index is -0.0915. The molecule has 0 aliphatic heterocycles. The lowest BCUT2D eigenvalue weighted by atomic mass is 10.2. The Morgan fingerprint density at radius 1 is 1.41 bits per heavy atom. The van der Waals surface area contributed by atoms with Gasteiger partial charge in [0, 0.05) is 18.6 Å². The summed E-state index contributed by atoms with van der Waals surface area (Å²) < 4.78 is 10.8. The average molecular weight is 323 g/mol. The van der Waals surface area contributed by atoms with Gasteiger partial charge >= 0.3 is 0 Å². The number of nitrogens with two attached hydrogens (primary N) is 1. The molecule has 1 aromatic carbocycles. The second-order valence-corrected chi connectivity index (χ2v) is 5.33. The van der Waals surface area contributed by atoms with Crippen molar-refractivity contribution >= 4 is 17.5 Å². The summed E-state index contributed by atoms with van der Waals surface area (Å²) in [5, 5.41) is 0.639. The van der Waals surface area contributed by atoms with Gasteiger partial charge in [0.2, 0.25) is 0 Å². The van der Waals surface area contributed by atoms with E-state index >= 15 is 0 Å². The largest absolute Gasteiger partial charge is 0.493 e. The molecule has 0 spiro atoms. The van der Waals surface area contributed by atoms with Gasteiger partial charge in [-0.1, -0.05) is 17.7 Å². The molecule has 1 amide bonds. The number of amides is 1. The summed E-state index contributed by atoms with van der Waals surface area (Å²) in [5.41, 5.74) is 5.97. The molecule has 0 unspecified atom stereocenters. The second kappa shape index (κ2) is 7.87. The van der Waals surface area contributed by atoms with Crippen LogP contribution in [0.25, 0.3) is 0 Å². The molecule has 0 saturated heterocycles. The lowest BCUT2D eigenvalue weighted by Crippen LogP contribution is -2.28. The monoisotopic (exact) mass is 322 g/mol. The van der Waals surface area contributed by atoms with Crippen LogP contribution in [0.3, 0.4) is 0 Å². The van der Waals surface area contributed by atoms with Crippen LogP contribution in [-0.4, -0.2) is 31.0 Å². The predicted octanol–water partition coefficient (Wildman–Crippen LogP) is 2.93. The minimum absolute atomic E-state index is 0.0915. The topological polar surface area (TPSA) is 68.7 Å². The van der Waals surface area contributed by atoms with Crippen molar-refractivity contribution in [3.05, 3.63) is 52.9 Å². The highest BCUT2D eigenvalue weighted by Gasteiger charge is 2.14. The van der Waals surface area contributed by atoms with Crippen molar-refractivity contribution < 1.29 is 13.9 Å². The first-order valence-corrected chi connectivity index (χ1v) is 7.39. The van der Waals surface area contributed by atoms with Crippen LogP contribution in [0.1, 0.15) is 22.5 Å². The molecule has 2 aromatic rings. The third-order valence-electron chi connectivity index (χ3n) is 3.15. The molecule has 0 atom stereocenters. The van der Waals surface area contributed by atoms with E-state index in [4.69, 9.17) is 26.5 Å². The van der Waals surface area contributed by atoms with Crippen LogP contribution in [-0.2, 0) is 6.54 Å². The molecular formula is C16H19ClN2O3. The summed E-state index contributed by atoms with van der Waals surface area (Å²) in [6.07, 6.45) is 2.15.